The zero-order chi connectivity index (χ0) is 19.7. The minimum Gasteiger partial charge on any atom is -0.338 e. The summed E-state index contributed by atoms with van der Waals surface area (Å²) < 4.78 is 15.2. The number of carbonyl (C=O) groups is 1. The maximum Gasteiger partial charge on any atom is 0.228 e. The summed E-state index contributed by atoms with van der Waals surface area (Å²) in [7, 11) is 0. The number of nitrogens with zero attached hydrogens (tertiary/aromatic N) is 3. The maximum atomic E-state index is 13.1. The van der Waals surface area contributed by atoms with Crippen LogP contribution in [0.25, 0.3) is 10.7 Å². The average Bonchev–Trinajstić information content (AvgIpc) is 3.28. The Morgan fingerprint density at radius 3 is 2.50 bits per heavy atom. The summed E-state index contributed by atoms with van der Waals surface area (Å²) in [6.45, 7) is 5.36. The van der Waals surface area contributed by atoms with Crippen LogP contribution in [0.15, 0.2) is 47.9 Å². The molecular formula is C22H22FN3OS. The molecule has 0 spiro atoms. The Kier molecular flexibility index (Phi) is 5.13. The number of hydrogen-bond donors (Lipinski definition) is 0. The quantitative estimate of drug-likeness (QED) is 0.650. The fourth-order valence-electron chi connectivity index (χ4n) is 3.54. The number of carbonyl (C=O) groups excluding carboxylic acids is 1. The van der Waals surface area contributed by atoms with Gasteiger partial charge in [0.05, 0.1) is 12.1 Å². The number of amides is 1. The normalized spacial score (nSPS) is 14.2. The highest BCUT2D eigenvalue weighted by Crippen LogP contribution is 2.24. The predicted octanol–water partition coefficient (Wildman–Crippen LogP) is 4.55. The Morgan fingerprint density at radius 1 is 1.14 bits per heavy atom. The molecule has 1 amide bonds. The van der Waals surface area contributed by atoms with Crippen LogP contribution in [0.1, 0.15) is 29.1 Å². The topological polar surface area (TPSA) is 38.1 Å². The molecule has 0 N–H and O–H groups in total. The summed E-state index contributed by atoms with van der Waals surface area (Å²) in [5.74, 6) is -0.142. The Labute approximate surface area is 168 Å². The lowest BCUT2D eigenvalue weighted by Gasteiger charge is -2.26. The van der Waals surface area contributed by atoms with Crippen molar-refractivity contribution in [2.24, 2.45) is 0 Å². The number of rotatable bonds is 4. The first-order valence-corrected chi connectivity index (χ1v) is 10.2. The van der Waals surface area contributed by atoms with Gasteiger partial charge >= 0.3 is 0 Å². The van der Waals surface area contributed by atoms with Crippen molar-refractivity contribution in [1.29, 1.82) is 0 Å². The van der Waals surface area contributed by atoms with E-state index in [1.54, 1.807) is 23.5 Å². The van der Waals surface area contributed by atoms with Crippen LogP contribution in [0, 0.1) is 19.7 Å². The van der Waals surface area contributed by atoms with Gasteiger partial charge in [-0.3, -0.25) is 9.36 Å². The number of aromatic nitrogens is 2. The number of hydrogen-bond acceptors (Lipinski definition) is 3. The van der Waals surface area contributed by atoms with E-state index in [4.69, 9.17) is 0 Å². The van der Waals surface area contributed by atoms with Gasteiger partial charge in [-0.1, -0.05) is 18.2 Å². The van der Waals surface area contributed by atoms with Gasteiger partial charge in [0, 0.05) is 29.9 Å². The molecule has 0 bridgehead atoms. The van der Waals surface area contributed by atoms with E-state index in [0.29, 0.717) is 19.5 Å². The summed E-state index contributed by atoms with van der Waals surface area (Å²) in [5.41, 5.74) is 5.28. The van der Waals surface area contributed by atoms with Crippen LogP contribution in [0.4, 0.5) is 4.39 Å². The van der Waals surface area contributed by atoms with Crippen LogP contribution in [0.2, 0.25) is 0 Å². The molecule has 0 fully saturated rings. The molecule has 0 radical (unpaired) electrons. The molecule has 1 aromatic carbocycles. The van der Waals surface area contributed by atoms with Gasteiger partial charge in [0.15, 0.2) is 5.13 Å². The van der Waals surface area contributed by atoms with Crippen molar-refractivity contribution in [3.05, 3.63) is 76.3 Å². The molecule has 1 aliphatic heterocycles. The van der Waals surface area contributed by atoms with Gasteiger partial charge in [-0.2, -0.15) is 0 Å². The third-order valence-corrected chi connectivity index (χ3v) is 5.99. The lowest BCUT2D eigenvalue weighted by atomic mass is 9.99. The SMILES string of the molecule is Cc1ccc(C)n1-c1nc(CC(=O)N2CC=C(c3ccc(F)cc3)CC2)cs1. The summed E-state index contributed by atoms with van der Waals surface area (Å²) in [5, 5.41) is 2.87. The third kappa shape index (κ3) is 3.78. The van der Waals surface area contributed by atoms with Crippen molar-refractivity contribution in [3.8, 4) is 5.13 Å². The Hall–Kier alpha value is -2.73. The summed E-state index contributed by atoms with van der Waals surface area (Å²) in [6.07, 6.45) is 3.16. The molecule has 28 heavy (non-hydrogen) atoms. The molecule has 4 nitrogen and oxygen atoms in total. The number of benzene rings is 1. The molecule has 144 valence electrons. The first-order chi connectivity index (χ1) is 13.5. The Balaban J connectivity index is 1.41. The molecule has 6 heteroatoms. The van der Waals surface area contributed by atoms with Crippen LogP contribution in [-0.2, 0) is 11.2 Å². The van der Waals surface area contributed by atoms with Crippen LogP contribution >= 0.6 is 11.3 Å². The van der Waals surface area contributed by atoms with Gasteiger partial charge in [0.1, 0.15) is 5.82 Å². The molecule has 3 aromatic rings. The molecule has 0 saturated carbocycles. The molecule has 0 saturated heterocycles. The fraction of sp³-hybridized carbons (Fsp3) is 0.273. The first kappa shape index (κ1) is 18.6. The molecule has 0 aliphatic carbocycles. The van der Waals surface area contributed by atoms with Crippen molar-refractivity contribution in [1.82, 2.24) is 14.5 Å². The molecular weight excluding hydrogens is 373 g/mol. The second-order valence-corrected chi connectivity index (χ2v) is 7.91. The molecule has 4 rings (SSSR count). The largest absolute Gasteiger partial charge is 0.338 e. The highest BCUT2D eigenvalue weighted by Gasteiger charge is 2.19. The van der Waals surface area contributed by atoms with E-state index in [0.717, 1.165) is 34.2 Å². The minimum absolute atomic E-state index is 0.0900. The molecule has 3 heterocycles. The van der Waals surface area contributed by atoms with Crippen LogP contribution in [0.5, 0.6) is 0 Å². The van der Waals surface area contributed by atoms with Gasteiger partial charge < -0.3 is 4.90 Å². The highest BCUT2D eigenvalue weighted by molar-refractivity contribution is 7.12. The van der Waals surface area contributed by atoms with Gasteiger partial charge in [-0.15, -0.1) is 11.3 Å². The monoisotopic (exact) mass is 395 g/mol. The van der Waals surface area contributed by atoms with E-state index >= 15 is 0 Å². The molecule has 2 aromatic heterocycles. The lowest BCUT2D eigenvalue weighted by Crippen LogP contribution is -2.35. The van der Waals surface area contributed by atoms with E-state index in [2.05, 4.69) is 41.6 Å². The number of halogens is 1. The standard InChI is InChI=1S/C22H22FN3OS/c1-15-3-4-16(2)26(15)22-24-20(14-28-22)13-21(27)25-11-9-18(10-12-25)17-5-7-19(23)8-6-17/h3-9,14H,10-13H2,1-2H3. The zero-order valence-electron chi connectivity index (χ0n) is 16.0. The van der Waals surface area contributed by atoms with E-state index in [1.165, 1.54) is 17.7 Å². The van der Waals surface area contributed by atoms with Crippen LogP contribution in [0.3, 0.4) is 0 Å². The third-order valence-electron chi connectivity index (χ3n) is 5.11. The second kappa shape index (κ2) is 7.72. The van der Waals surface area contributed by atoms with Gasteiger partial charge in [-0.25, -0.2) is 9.37 Å². The van der Waals surface area contributed by atoms with Gasteiger partial charge in [-0.05, 0) is 55.7 Å². The van der Waals surface area contributed by atoms with Gasteiger partial charge in [0.25, 0.3) is 0 Å². The van der Waals surface area contributed by atoms with E-state index in [-0.39, 0.29) is 11.7 Å². The Bertz CT molecular complexity index is 1010. The summed E-state index contributed by atoms with van der Waals surface area (Å²) in [4.78, 5) is 19.2. The van der Waals surface area contributed by atoms with Crippen molar-refractivity contribution >= 4 is 22.8 Å². The van der Waals surface area contributed by atoms with Crippen LogP contribution < -0.4 is 0 Å². The summed E-state index contributed by atoms with van der Waals surface area (Å²) >= 11 is 1.56. The van der Waals surface area contributed by atoms with E-state index in [9.17, 15) is 9.18 Å². The first-order valence-electron chi connectivity index (χ1n) is 9.34. The van der Waals surface area contributed by atoms with Crippen molar-refractivity contribution in [3.63, 3.8) is 0 Å². The Morgan fingerprint density at radius 2 is 1.86 bits per heavy atom. The van der Waals surface area contributed by atoms with Crippen molar-refractivity contribution in [2.45, 2.75) is 26.7 Å². The predicted molar refractivity (Wildman–Crippen MR) is 110 cm³/mol. The van der Waals surface area contributed by atoms with E-state index in [1.807, 2.05) is 10.3 Å². The highest BCUT2D eigenvalue weighted by atomic mass is 32.1. The maximum absolute atomic E-state index is 13.1. The summed E-state index contributed by atoms with van der Waals surface area (Å²) in [6, 6.07) is 10.7. The zero-order valence-corrected chi connectivity index (χ0v) is 16.8. The second-order valence-electron chi connectivity index (χ2n) is 7.08. The smallest absolute Gasteiger partial charge is 0.228 e. The minimum atomic E-state index is -0.232. The van der Waals surface area contributed by atoms with Gasteiger partial charge in [0.2, 0.25) is 5.91 Å². The van der Waals surface area contributed by atoms with Crippen molar-refractivity contribution < 1.29 is 9.18 Å². The fourth-order valence-corrected chi connectivity index (χ4v) is 4.48. The molecule has 0 unspecified atom stereocenters. The number of aryl methyl sites for hydroxylation is 2. The molecule has 0 atom stereocenters. The number of thiazole rings is 1. The lowest BCUT2D eigenvalue weighted by molar-refractivity contribution is -0.130. The molecule has 1 aliphatic rings. The van der Waals surface area contributed by atoms with E-state index < -0.39 is 0 Å². The average molecular weight is 396 g/mol. The van der Waals surface area contributed by atoms with Crippen LogP contribution in [-0.4, -0.2) is 33.4 Å². The van der Waals surface area contributed by atoms with Crippen molar-refractivity contribution in [2.75, 3.05) is 13.1 Å².